The standard InChI is InChI=1S/C18H11ClO/c19-13-9-10-15-17(11-13)20-16-8-4-7-14(18(15)16)12-5-2-1-3-6-12/h1-11H/i1D,2D,3D,5D,6D. The summed E-state index contributed by atoms with van der Waals surface area (Å²) in [6.07, 6.45) is 0. The van der Waals surface area contributed by atoms with Crippen molar-refractivity contribution in [3.63, 3.8) is 0 Å². The maximum absolute atomic E-state index is 8.22. The highest BCUT2D eigenvalue weighted by molar-refractivity contribution is 6.31. The summed E-state index contributed by atoms with van der Waals surface area (Å²) in [5, 5.41) is 2.02. The van der Waals surface area contributed by atoms with Crippen LogP contribution in [0.3, 0.4) is 0 Å². The summed E-state index contributed by atoms with van der Waals surface area (Å²) in [5.41, 5.74) is 1.86. The van der Waals surface area contributed by atoms with Gasteiger partial charge in [-0.3, -0.25) is 0 Å². The van der Waals surface area contributed by atoms with Crippen LogP contribution in [0.25, 0.3) is 33.1 Å². The lowest BCUT2D eigenvalue weighted by Gasteiger charge is -2.03. The first kappa shape index (κ1) is 7.51. The van der Waals surface area contributed by atoms with Gasteiger partial charge in [0.25, 0.3) is 0 Å². The summed E-state index contributed by atoms with van der Waals surface area (Å²) in [6.45, 7) is 0. The number of fused-ring (bicyclic) bond motifs is 3. The van der Waals surface area contributed by atoms with Gasteiger partial charge in [-0.2, -0.15) is 0 Å². The zero-order valence-corrected chi connectivity index (χ0v) is 11.0. The van der Waals surface area contributed by atoms with Gasteiger partial charge in [0.1, 0.15) is 11.2 Å². The van der Waals surface area contributed by atoms with Gasteiger partial charge < -0.3 is 4.42 Å². The van der Waals surface area contributed by atoms with Gasteiger partial charge in [-0.25, -0.2) is 0 Å². The van der Waals surface area contributed by atoms with Crippen LogP contribution in [0.1, 0.15) is 6.85 Å². The van der Waals surface area contributed by atoms with Crippen molar-refractivity contribution in [3.8, 4) is 11.1 Å². The molecule has 20 heavy (non-hydrogen) atoms. The van der Waals surface area contributed by atoms with E-state index < -0.39 is 6.04 Å². The van der Waals surface area contributed by atoms with Crippen LogP contribution in [-0.4, -0.2) is 0 Å². The van der Waals surface area contributed by atoms with E-state index in [4.69, 9.17) is 22.9 Å². The van der Waals surface area contributed by atoms with Crippen molar-refractivity contribution in [1.82, 2.24) is 0 Å². The molecule has 4 aromatic rings. The molecule has 0 bridgehead atoms. The van der Waals surface area contributed by atoms with E-state index in [0.717, 1.165) is 5.39 Å². The maximum atomic E-state index is 8.22. The summed E-state index contributed by atoms with van der Waals surface area (Å²) in [6, 6.07) is 8.90. The monoisotopic (exact) mass is 283 g/mol. The lowest BCUT2D eigenvalue weighted by molar-refractivity contribution is 0.669. The molecule has 0 atom stereocenters. The van der Waals surface area contributed by atoms with Crippen molar-refractivity contribution in [1.29, 1.82) is 0 Å². The van der Waals surface area contributed by atoms with Crippen molar-refractivity contribution >= 4 is 33.5 Å². The molecule has 96 valence electrons. The molecule has 3 aromatic carbocycles. The van der Waals surface area contributed by atoms with E-state index in [0.29, 0.717) is 27.1 Å². The number of rotatable bonds is 1. The van der Waals surface area contributed by atoms with Gasteiger partial charge in [-0.05, 0) is 29.3 Å². The van der Waals surface area contributed by atoms with Gasteiger partial charge in [0.15, 0.2) is 0 Å². The van der Waals surface area contributed by atoms with E-state index in [-0.39, 0.29) is 29.7 Å². The molecule has 0 aliphatic carbocycles. The van der Waals surface area contributed by atoms with Crippen LogP contribution in [0.15, 0.2) is 71.0 Å². The van der Waals surface area contributed by atoms with Gasteiger partial charge in [0.2, 0.25) is 0 Å². The Kier molecular flexibility index (Phi) is 1.65. The average Bonchev–Trinajstić information content (AvgIpc) is 2.96. The second kappa shape index (κ2) is 4.39. The second-order valence-electron chi connectivity index (χ2n) is 4.42. The SMILES string of the molecule is [2H]c1c([2H])c([2H])c(-c2cccc3oc4cc(Cl)ccc4c23)c([2H])c1[2H]. The Labute approximate surface area is 128 Å². The number of benzene rings is 3. The molecule has 1 nitrogen and oxygen atoms in total. The zero-order chi connectivity index (χ0) is 17.9. The van der Waals surface area contributed by atoms with Crippen LogP contribution >= 0.6 is 11.6 Å². The van der Waals surface area contributed by atoms with E-state index in [1.165, 1.54) is 0 Å². The van der Waals surface area contributed by atoms with Crippen molar-refractivity contribution in [3.05, 3.63) is 71.6 Å². The first-order chi connectivity index (χ1) is 11.9. The minimum Gasteiger partial charge on any atom is -0.456 e. The third-order valence-corrected chi connectivity index (χ3v) is 3.46. The molecular weight excluding hydrogens is 268 g/mol. The Morgan fingerprint density at radius 3 is 2.65 bits per heavy atom. The summed E-state index contributed by atoms with van der Waals surface area (Å²) in [5.74, 6) is 0. The largest absolute Gasteiger partial charge is 0.456 e. The molecule has 0 fully saturated rings. The summed E-state index contributed by atoms with van der Waals surface area (Å²) in [4.78, 5) is 0. The molecule has 0 aliphatic heterocycles. The molecule has 0 N–H and O–H groups in total. The highest BCUT2D eigenvalue weighted by Gasteiger charge is 2.12. The van der Waals surface area contributed by atoms with Gasteiger partial charge in [0.05, 0.1) is 6.85 Å². The van der Waals surface area contributed by atoms with E-state index in [1.54, 1.807) is 30.3 Å². The smallest absolute Gasteiger partial charge is 0.136 e. The summed E-state index contributed by atoms with van der Waals surface area (Å²) in [7, 11) is 0. The quantitative estimate of drug-likeness (QED) is 0.423. The number of halogens is 1. The lowest BCUT2D eigenvalue weighted by atomic mass is 10.00. The van der Waals surface area contributed by atoms with Crippen molar-refractivity contribution in [2.75, 3.05) is 0 Å². The highest BCUT2D eigenvalue weighted by Crippen LogP contribution is 2.37. The molecule has 1 aromatic heterocycles. The zero-order valence-electron chi connectivity index (χ0n) is 15.3. The van der Waals surface area contributed by atoms with Gasteiger partial charge in [0, 0.05) is 21.9 Å². The van der Waals surface area contributed by atoms with Gasteiger partial charge >= 0.3 is 0 Å². The third-order valence-electron chi connectivity index (χ3n) is 3.23. The molecule has 0 radical (unpaired) electrons. The summed E-state index contributed by atoms with van der Waals surface area (Å²) >= 11 is 6.02. The Bertz CT molecular complexity index is 1140. The number of hydrogen-bond donors (Lipinski definition) is 0. The highest BCUT2D eigenvalue weighted by atomic mass is 35.5. The third kappa shape index (κ3) is 1.71. The fraction of sp³-hybridized carbons (Fsp3) is 0. The maximum Gasteiger partial charge on any atom is 0.136 e. The molecule has 2 heteroatoms. The molecular formula is C18H11ClO. The van der Waals surface area contributed by atoms with E-state index in [9.17, 15) is 0 Å². The molecule has 0 unspecified atom stereocenters. The lowest BCUT2D eigenvalue weighted by Crippen LogP contribution is -1.78. The van der Waals surface area contributed by atoms with Gasteiger partial charge in [-0.15, -0.1) is 0 Å². The van der Waals surface area contributed by atoms with E-state index in [1.807, 2.05) is 6.07 Å². The first-order valence-electron chi connectivity index (χ1n) is 8.58. The molecule has 1 heterocycles. The first-order valence-corrected chi connectivity index (χ1v) is 6.46. The number of hydrogen-bond acceptors (Lipinski definition) is 1. The van der Waals surface area contributed by atoms with Crippen molar-refractivity contribution < 1.29 is 11.3 Å². The van der Waals surface area contributed by atoms with Crippen LogP contribution in [0.5, 0.6) is 0 Å². The summed E-state index contributed by atoms with van der Waals surface area (Å²) < 4.78 is 45.8. The van der Waals surface area contributed by atoms with Gasteiger partial charge in [-0.1, -0.05) is 53.9 Å². The Hall–Kier alpha value is -2.25. The Balaban J connectivity index is 2.18. The van der Waals surface area contributed by atoms with Crippen molar-refractivity contribution in [2.45, 2.75) is 0 Å². The minimum absolute atomic E-state index is 0.161. The minimum atomic E-state index is -0.408. The molecule has 0 amide bonds. The van der Waals surface area contributed by atoms with Crippen LogP contribution in [0.4, 0.5) is 0 Å². The Morgan fingerprint density at radius 1 is 0.950 bits per heavy atom. The molecule has 0 spiro atoms. The molecule has 0 saturated heterocycles. The fourth-order valence-electron chi connectivity index (χ4n) is 2.39. The topological polar surface area (TPSA) is 13.1 Å². The van der Waals surface area contributed by atoms with Crippen molar-refractivity contribution in [2.24, 2.45) is 0 Å². The van der Waals surface area contributed by atoms with Crippen LogP contribution in [-0.2, 0) is 0 Å². The van der Waals surface area contributed by atoms with E-state index in [2.05, 4.69) is 0 Å². The predicted molar refractivity (Wildman–Crippen MR) is 84.2 cm³/mol. The Morgan fingerprint density at radius 2 is 1.80 bits per heavy atom. The molecule has 0 saturated carbocycles. The fourth-order valence-corrected chi connectivity index (χ4v) is 2.55. The normalized spacial score (nSPS) is 14.8. The van der Waals surface area contributed by atoms with Crippen LogP contribution < -0.4 is 0 Å². The molecule has 0 aliphatic rings. The predicted octanol–water partition coefficient (Wildman–Crippen LogP) is 5.91. The van der Waals surface area contributed by atoms with Crippen LogP contribution in [0.2, 0.25) is 5.02 Å². The number of furan rings is 1. The molecule has 4 rings (SSSR count). The average molecular weight is 284 g/mol. The second-order valence-corrected chi connectivity index (χ2v) is 4.86. The van der Waals surface area contributed by atoms with Crippen LogP contribution in [0, 0.1) is 0 Å². The van der Waals surface area contributed by atoms with E-state index >= 15 is 0 Å².